The number of amides is 2. The Hall–Kier alpha value is -3.44. The zero-order chi connectivity index (χ0) is 28.6. The largest absolute Gasteiger partial charge is 0.454 e. The van der Waals surface area contributed by atoms with E-state index in [9.17, 15) is 22.8 Å². The molecule has 2 aromatic carbocycles. The van der Waals surface area contributed by atoms with E-state index in [0.29, 0.717) is 39.3 Å². The summed E-state index contributed by atoms with van der Waals surface area (Å²) in [6.07, 6.45) is 0. The van der Waals surface area contributed by atoms with Crippen molar-refractivity contribution in [3.05, 3.63) is 60.2 Å². The molecule has 0 unspecified atom stereocenters. The summed E-state index contributed by atoms with van der Waals surface area (Å²) in [4.78, 5) is 42.4. The predicted molar refractivity (Wildman–Crippen MR) is 149 cm³/mol. The summed E-state index contributed by atoms with van der Waals surface area (Å²) in [5.74, 6) is -1.94. The zero-order valence-corrected chi connectivity index (χ0v) is 23.8. The Morgan fingerprint density at radius 2 is 1.59 bits per heavy atom. The summed E-state index contributed by atoms with van der Waals surface area (Å²) in [7, 11) is -3.75. The van der Waals surface area contributed by atoms with E-state index in [-0.39, 0.29) is 22.3 Å². The van der Waals surface area contributed by atoms with Gasteiger partial charge in [0.05, 0.1) is 4.90 Å². The Kier molecular flexibility index (Phi) is 10.5. The van der Waals surface area contributed by atoms with Crippen molar-refractivity contribution >= 4 is 33.5 Å². The van der Waals surface area contributed by atoms with Crippen molar-refractivity contribution in [3.63, 3.8) is 0 Å². The van der Waals surface area contributed by atoms with Gasteiger partial charge in [-0.15, -0.1) is 0 Å². The number of nitrogens with one attached hydrogen (secondary N) is 1. The minimum absolute atomic E-state index is 0.000446. The molecule has 0 bridgehead atoms. The van der Waals surface area contributed by atoms with Crippen LogP contribution in [0.3, 0.4) is 0 Å². The van der Waals surface area contributed by atoms with Gasteiger partial charge in [0, 0.05) is 50.5 Å². The van der Waals surface area contributed by atoms with E-state index >= 15 is 0 Å². The van der Waals surface area contributed by atoms with Crippen LogP contribution in [-0.2, 0) is 24.3 Å². The second-order valence-electron chi connectivity index (χ2n) is 9.62. The number of ether oxygens (including phenoxy) is 1. The third-order valence-corrected chi connectivity index (χ3v) is 8.78. The van der Waals surface area contributed by atoms with E-state index in [0.717, 1.165) is 5.69 Å². The lowest BCUT2D eigenvalue weighted by atomic mass is 10.0. The zero-order valence-electron chi connectivity index (χ0n) is 23.0. The number of hydrogen-bond acceptors (Lipinski definition) is 7. The number of esters is 1. The van der Waals surface area contributed by atoms with Crippen LogP contribution in [-0.4, -0.2) is 87.3 Å². The number of carbonyl (C=O) groups is 3. The van der Waals surface area contributed by atoms with Gasteiger partial charge in [-0.05, 0) is 36.2 Å². The summed E-state index contributed by atoms with van der Waals surface area (Å²) in [6, 6.07) is 14.7. The summed E-state index contributed by atoms with van der Waals surface area (Å²) >= 11 is 0. The fraction of sp³-hybridized carbons (Fsp3) is 0.464. The van der Waals surface area contributed by atoms with E-state index in [1.165, 1.54) is 28.6 Å². The average molecular weight is 559 g/mol. The van der Waals surface area contributed by atoms with Crippen molar-refractivity contribution in [2.24, 2.45) is 5.92 Å². The number of para-hydroxylation sites is 1. The summed E-state index contributed by atoms with van der Waals surface area (Å²) < 4.78 is 32.3. The highest BCUT2D eigenvalue weighted by atomic mass is 32.2. The molecule has 1 saturated heterocycles. The molecule has 10 nitrogen and oxygen atoms in total. The van der Waals surface area contributed by atoms with Crippen LogP contribution in [0.4, 0.5) is 5.69 Å². The van der Waals surface area contributed by atoms with Crippen molar-refractivity contribution in [1.29, 1.82) is 0 Å². The number of anilines is 1. The molecule has 1 atom stereocenters. The number of carbonyl (C=O) groups excluding carboxylic acids is 3. The molecule has 0 radical (unpaired) electrons. The number of rotatable bonds is 11. The molecule has 212 valence electrons. The Labute approximate surface area is 231 Å². The topological polar surface area (TPSA) is 116 Å². The van der Waals surface area contributed by atoms with Gasteiger partial charge in [0.1, 0.15) is 6.04 Å². The maximum atomic E-state index is 13.0. The monoisotopic (exact) mass is 558 g/mol. The molecule has 39 heavy (non-hydrogen) atoms. The highest BCUT2D eigenvalue weighted by molar-refractivity contribution is 7.89. The minimum atomic E-state index is -3.75. The highest BCUT2D eigenvalue weighted by Gasteiger charge is 2.29. The van der Waals surface area contributed by atoms with E-state index in [1.54, 1.807) is 32.6 Å². The SMILES string of the molecule is CCN(CC)S(=O)(=O)c1cccc(C(=O)N[C@H](C(=O)OCC(=O)N2CCN(c3ccccc3)CC2)C(C)C)c1. The molecule has 11 heteroatoms. The molecular weight excluding hydrogens is 520 g/mol. The van der Waals surface area contributed by atoms with Crippen molar-refractivity contribution in [3.8, 4) is 0 Å². The van der Waals surface area contributed by atoms with Gasteiger partial charge >= 0.3 is 5.97 Å². The van der Waals surface area contributed by atoms with Crippen LogP contribution in [0.25, 0.3) is 0 Å². The van der Waals surface area contributed by atoms with Gasteiger partial charge in [-0.3, -0.25) is 9.59 Å². The lowest BCUT2D eigenvalue weighted by Crippen LogP contribution is -2.50. The molecule has 2 amide bonds. The molecule has 0 saturated carbocycles. The van der Waals surface area contributed by atoms with Crippen LogP contribution in [0.2, 0.25) is 0 Å². The van der Waals surface area contributed by atoms with Gasteiger partial charge in [-0.1, -0.05) is 52.0 Å². The second-order valence-corrected chi connectivity index (χ2v) is 11.6. The van der Waals surface area contributed by atoms with Gasteiger partial charge in [0.25, 0.3) is 11.8 Å². The summed E-state index contributed by atoms with van der Waals surface area (Å²) in [6.45, 7) is 9.56. The van der Waals surface area contributed by atoms with Crippen molar-refractivity contribution in [1.82, 2.24) is 14.5 Å². The van der Waals surface area contributed by atoms with Crippen molar-refractivity contribution in [2.75, 3.05) is 50.8 Å². The quantitative estimate of drug-likeness (QED) is 0.421. The van der Waals surface area contributed by atoms with Gasteiger partial charge in [0.15, 0.2) is 6.61 Å². The van der Waals surface area contributed by atoms with Crippen LogP contribution >= 0.6 is 0 Å². The molecule has 2 aromatic rings. The number of sulfonamides is 1. The molecule has 1 aliphatic heterocycles. The summed E-state index contributed by atoms with van der Waals surface area (Å²) in [5, 5.41) is 2.64. The predicted octanol–water partition coefficient (Wildman–Crippen LogP) is 2.36. The van der Waals surface area contributed by atoms with E-state index < -0.39 is 34.5 Å². The Balaban J connectivity index is 1.57. The minimum Gasteiger partial charge on any atom is -0.454 e. The third kappa shape index (κ3) is 7.57. The van der Waals surface area contributed by atoms with Crippen LogP contribution in [0.1, 0.15) is 38.1 Å². The maximum absolute atomic E-state index is 13.0. The first-order valence-corrected chi connectivity index (χ1v) is 14.7. The van der Waals surface area contributed by atoms with Gasteiger partial charge < -0.3 is 19.9 Å². The Bertz CT molecular complexity index is 1240. The lowest BCUT2D eigenvalue weighted by molar-refractivity contribution is -0.154. The first kappa shape index (κ1) is 30.1. The standard InChI is InChI=1S/C28H38N4O6S/c1-5-32(6-2)39(36,37)24-14-10-11-22(19-24)27(34)29-26(21(3)4)28(35)38-20-25(33)31-17-15-30(16-18-31)23-12-8-7-9-13-23/h7-14,19,21,26H,5-6,15-18,20H2,1-4H3,(H,29,34)/t26-/m0/s1. The molecular formula is C28H38N4O6S. The molecule has 0 aliphatic carbocycles. The van der Waals surface area contributed by atoms with E-state index in [2.05, 4.69) is 10.2 Å². The number of benzene rings is 2. The first-order valence-electron chi connectivity index (χ1n) is 13.2. The maximum Gasteiger partial charge on any atom is 0.329 e. The lowest BCUT2D eigenvalue weighted by Gasteiger charge is -2.36. The average Bonchev–Trinajstić information content (AvgIpc) is 2.95. The fourth-order valence-electron chi connectivity index (χ4n) is 4.40. The van der Waals surface area contributed by atoms with E-state index in [1.807, 2.05) is 30.3 Å². The Morgan fingerprint density at radius 3 is 2.18 bits per heavy atom. The molecule has 1 aliphatic rings. The highest BCUT2D eigenvalue weighted by Crippen LogP contribution is 2.18. The summed E-state index contributed by atoms with van der Waals surface area (Å²) in [5.41, 5.74) is 1.21. The van der Waals surface area contributed by atoms with Gasteiger partial charge in [0.2, 0.25) is 10.0 Å². The normalized spacial score (nSPS) is 14.8. The van der Waals surface area contributed by atoms with Crippen molar-refractivity contribution in [2.45, 2.75) is 38.6 Å². The second kappa shape index (κ2) is 13.6. The van der Waals surface area contributed by atoms with Crippen LogP contribution in [0.15, 0.2) is 59.5 Å². The smallest absolute Gasteiger partial charge is 0.329 e. The van der Waals surface area contributed by atoms with Crippen LogP contribution in [0, 0.1) is 5.92 Å². The molecule has 1 N–H and O–H groups in total. The Morgan fingerprint density at radius 1 is 0.949 bits per heavy atom. The van der Waals surface area contributed by atoms with Crippen LogP contribution in [0.5, 0.6) is 0 Å². The first-order chi connectivity index (χ1) is 18.6. The molecule has 0 aromatic heterocycles. The van der Waals surface area contributed by atoms with Gasteiger partial charge in [-0.25, -0.2) is 13.2 Å². The molecule has 1 fully saturated rings. The molecule has 0 spiro atoms. The van der Waals surface area contributed by atoms with Crippen molar-refractivity contribution < 1.29 is 27.5 Å². The molecule has 3 rings (SSSR count). The van der Waals surface area contributed by atoms with Gasteiger partial charge in [-0.2, -0.15) is 4.31 Å². The number of nitrogens with zero attached hydrogens (tertiary/aromatic N) is 3. The van der Waals surface area contributed by atoms with Crippen LogP contribution < -0.4 is 10.2 Å². The number of hydrogen-bond donors (Lipinski definition) is 1. The van der Waals surface area contributed by atoms with E-state index in [4.69, 9.17) is 4.74 Å². The number of piperazine rings is 1. The third-order valence-electron chi connectivity index (χ3n) is 6.74. The fourth-order valence-corrected chi connectivity index (χ4v) is 5.90. The molecule has 1 heterocycles.